The summed E-state index contributed by atoms with van der Waals surface area (Å²) < 4.78 is 17.6. The first-order chi connectivity index (χ1) is 14.7. The fraction of sp³-hybridized carbons (Fsp3) is 0.400. The molecule has 0 radical (unpaired) electrons. The summed E-state index contributed by atoms with van der Waals surface area (Å²) in [6.07, 6.45) is 0.392. The summed E-state index contributed by atoms with van der Waals surface area (Å²) in [6.45, 7) is 9.84. The molecule has 0 saturated carbocycles. The summed E-state index contributed by atoms with van der Waals surface area (Å²) >= 11 is 6.36. The van der Waals surface area contributed by atoms with Crippen molar-refractivity contribution in [2.24, 2.45) is 5.92 Å². The molecule has 31 heavy (non-hydrogen) atoms. The van der Waals surface area contributed by atoms with Crippen molar-refractivity contribution in [3.05, 3.63) is 70.3 Å². The molecule has 6 heteroatoms. The van der Waals surface area contributed by atoms with E-state index < -0.39 is 12.6 Å². The molecule has 1 aliphatic heterocycles. The van der Waals surface area contributed by atoms with Crippen LogP contribution in [0.4, 0.5) is 0 Å². The van der Waals surface area contributed by atoms with E-state index in [9.17, 15) is 4.79 Å². The summed E-state index contributed by atoms with van der Waals surface area (Å²) in [5, 5.41) is 9.58. The van der Waals surface area contributed by atoms with Crippen LogP contribution in [-0.2, 0) is 9.53 Å². The molecule has 5 nitrogen and oxygen atoms in total. The summed E-state index contributed by atoms with van der Waals surface area (Å²) in [7, 11) is 1.50. The van der Waals surface area contributed by atoms with E-state index in [1.54, 1.807) is 12.1 Å². The Hall–Kier alpha value is -2.50. The maximum atomic E-state index is 11.1. The molecule has 1 saturated heterocycles. The van der Waals surface area contributed by atoms with E-state index in [1.807, 2.05) is 6.92 Å². The van der Waals surface area contributed by atoms with Gasteiger partial charge in [0, 0.05) is 28.5 Å². The van der Waals surface area contributed by atoms with Crippen LogP contribution in [0.3, 0.4) is 0 Å². The van der Waals surface area contributed by atoms with Gasteiger partial charge in [-0.3, -0.25) is 0 Å². The first-order valence-electron chi connectivity index (χ1n) is 10.3. The predicted octanol–water partition coefficient (Wildman–Crippen LogP) is 5.95. The van der Waals surface area contributed by atoms with E-state index in [2.05, 4.69) is 44.7 Å². The smallest absolute Gasteiger partial charge is 0.341 e. The van der Waals surface area contributed by atoms with E-state index >= 15 is 0 Å². The second-order valence-corrected chi connectivity index (χ2v) is 8.61. The Morgan fingerprint density at radius 2 is 1.97 bits per heavy atom. The second kappa shape index (κ2) is 9.75. The molecule has 166 valence electrons. The van der Waals surface area contributed by atoms with Crippen LogP contribution >= 0.6 is 11.6 Å². The molecule has 1 heterocycles. The molecule has 0 amide bonds. The molecule has 1 N–H and O–H groups in total. The highest BCUT2D eigenvalue weighted by Crippen LogP contribution is 2.50. The van der Waals surface area contributed by atoms with Crippen molar-refractivity contribution < 1.29 is 24.1 Å². The maximum Gasteiger partial charge on any atom is 0.341 e. The van der Waals surface area contributed by atoms with Crippen LogP contribution in [0.25, 0.3) is 0 Å². The molecule has 0 aliphatic carbocycles. The molecule has 0 unspecified atom stereocenters. The second-order valence-electron chi connectivity index (χ2n) is 8.18. The van der Waals surface area contributed by atoms with Crippen LogP contribution in [0.1, 0.15) is 49.0 Å². The number of carbonyl (C=O) groups is 1. The number of carboxylic acid groups (broad SMARTS) is 1. The SMILES string of the molecule is C=C(C)[C@H]1C[C@H](c2ccc(C)cc2)[C@H](C)O[C@@H]1c1cc(Cl)cc(OC)c1OCC(=O)O. The summed E-state index contributed by atoms with van der Waals surface area (Å²) in [5.41, 5.74) is 4.10. The summed E-state index contributed by atoms with van der Waals surface area (Å²) in [6, 6.07) is 11.9. The predicted molar refractivity (Wildman–Crippen MR) is 121 cm³/mol. The molecule has 1 aliphatic rings. The van der Waals surface area contributed by atoms with Gasteiger partial charge in [-0.2, -0.15) is 0 Å². The number of hydrogen-bond acceptors (Lipinski definition) is 4. The number of ether oxygens (including phenoxy) is 3. The zero-order chi connectivity index (χ0) is 22.7. The van der Waals surface area contributed by atoms with Crippen LogP contribution in [0.2, 0.25) is 5.02 Å². The maximum absolute atomic E-state index is 11.1. The topological polar surface area (TPSA) is 65.0 Å². The minimum atomic E-state index is -1.07. The first kappa shape index (κ1) is 23.2. The Bertz CT molecular complexity index is 953. The highest BCUT2D eigenvalue weighted by atomic mass is 35.5. The zero-order valence-electron chi connectivity index (χ0n) is 18.4. The van der Waals surface area contributed by atoms with E-state index in [4.69, 9.17) is 30.9 Å². The lowest BCUT2D eigenvalue weighted by Gasteiger charge is -2.42. The van der Waals surface area contributed by atoms with Crippen LogP contribution in [0.15, 0.2) is 48.6 Å². The van der Waals surface area contributed by atoms with Gasteiger partial charge in [0.25, 0.3) is 0 Å². The zero-order valence-corrected chi connectivity index (χ0v) is 19.1. The largest absolute Gasteiger partial charge is 0.493 e. The molecular weight excluding hydrogens is 416 g/mol. The Morgan fingerprint density at radius 1 is 1.29 bits per heavy atom. The Balaban J connectivity index is 2.01. The van der Waals surface area contributed by atoms with Gasteiger partial charge in [0.15, 0.2) is 18.1 Å². The van der Waals surface area contributed by atoms with Crippen molar-refractivity contribution in [1.29, 1.82) is 0 Å². The minimum Gasteiger partial charge on any atom is -0.493 e. The molecule has 4 atom stereocenters. The molecule has 2 aromatic rings. The quantitative estimate of drug-likeness (QED) is 0.535. The lowest BCUT2D eigenvalue weighted by atomic mass is 9.75. The van der Waals surface area contributed by atoms with Crippen LogP contribution in [0, 0.1) is 12.8 Å². The van der Waals surface area contributed by atoms with Crippen LogP contribution in [-0.4, -0.2) is 30.9 Å². The van der Waals surface area contributed by atoms with Crippen LogP contribution < -0.4 is 9.47 Å². The number of methoxy groups -OCH3 is 1. The lowest BCUT2D eigenvalue weighted by molar-refractivity contribution is -0.139. The lowest BCUT2D eigenvalue weighted by Crippen LogP contribution is -2.34. The van der Waals surface area contributed by atoms with Gasteiger partial charge < -0.3 is 19.3 Å². The third-order valence-electron chi connectivity index (χ3n) is 5.85. The first-order valence-corrected chi connectivity index (χ1v) is 10.7. The molecule has 0 aromatic heterocycles. The van der Waals surface area contributed by atoms with E-state index in [0.29, 0.717) is 22.1 Å². The Kier molecular flexibility index (Phi) is 7.29. The number of carboxylic acids is 1. The van der Waals surface area contributed by atoms with Crippen molar-refractivity contribution in [2.75, 3.05) is 13.7 Å². The van der Waals surface area contributed by atoms with Crippen molar-refractivity contribution in [3.63, 3.8) is 0 Å². The summed E-state index contributed by atoms with van der Waals surface area (Å²) in [5.74, 6) is -0.148. The average Bonchev–Trinajstić information content (AvgIpc) is 2.72. The van der Waals surface area contributed by atoms with Crippen molar-refractivity contribution in [1.82, 2.24) is 0 Å². The van der Waals surface area contributed by atoms with E-state index in [0.717, 1.165) is 12.0 Å². The molecule has 1 fully saturated rings. The fourth-order valence-electron chi connectivity index (χ4n) is 4.22. The number of halogens is 1. The van der Waals surface area contributed by atoms with Crippen molar-refractivity contribution >= 4 is 17.6 Å². The van der Waals surface area contributed by atoms with Gasteiger partial charge in [0.05, 0.1) is 19.3 Å². The average molecular weight is 445 g/mol. The highest BCUT2D eigenvalue weighted by molar-refractivity contribution is 6.30. The summed E-state index contributed by atoms with van der Waals surface area (Å²) in [4.78, 5) is 11.1. The Morgan fingerprint density at radius 3 is 2.55 bits per heavy atom. The molecule has 2 aromatic carbocycles. The number of rotatable bonds is 7. The van der Waals surface area contributed by atoms with Gasteiger partial charge >= 0.3 is 5.97 Å². The van der Waals surface area contributed by atoms with Gasteiger partial charge in [0.1, 0.15) is 0 Å². The van der Waals surface area contributed by atoms with Gasteiger partial charge in [-0.05, 0) is 38.8 Å². The molecular formula is C25H29ClO5. The van der Waals surface area contributed by atoms with Crippen LogP contribution in [0.5, 0.6) is 11.5 Å². The third-order valence-corrected chi connectivity index (χ3v) is 6.07. The Labute approximate surface area is 188 Å². The minimum absolute atomic E-state index is 0.00199. The van der Waals surface area contributed by atoms with E-state index in [1.165, 1.54) is 18.2 Å². The van der Waals surface area contributed by atoms with Crippen molar-refractivity contribution in [2.45, 2.75) is 45.3 Å². The standard InChI is InChI=1S/C25H29ClO5/c1-14(2)19-12-20(17-8-6-15(3)7-9-17)16(4)31-24(19)21-10-18(26)11-22(29-5)25(21)30-13-23(27)28/h6-11,16,19-20,24H,1,12-13H2,2-5H3,(H,27,28)/t16-,19+,20-,24-/m0/s1. The normalized spacial score (nSPS) is 23.3. The number of benzene rings is 2. The molecule has 0 bridgehead atoms. The third kappa shape index (κ3) is 5.23. The van der Waals surface area contributed by atoms with Crippen molar-refractivity contribution in [3.8, 4) is 11.5 Å². The highest BCUT2D eigenvalue weighted by Gasteiger charge is 2.39. The number of hydrogen-bond donors (Lipinski definition) is 1. The van der Waals surface area contributed by atoms with Gasteiger partial charge in [0.2, 0.25) is 0 Å². The molecule has 3 rings (SSSR count). The monoisotopic (exact) mass is 444 g/mol. The van der Waals surface area contributed by atoms with Gasteiger partial charge in [-0.25, -0.2) is 4.79 Å². The number of aliphatic carboxylic acids is 1. The van der Waals surface area contributed by atoms with Gasteiger partial charge in [-0.15, -0.1) is 0 Å². The number of aryl methyl sites for hydroxylation is 1. The van der Waals surface area contributed by atoms with E-state index in [-0.39, 0.29) is 24.0 Å². The fourth-order valence-corrected chi connectivity index (χ4v) is 4.44. The van der Waals surface area contributed by atoms with Gasteiger partial charge in [-0.1, -0.05) is 53.6 Å². The molecule has 0 spiro atoms.